The second-order valence-corrected chi connectivity index (χ2v) is 4.83. The molecule has 3 heterocycles. The monoisotopic (exact) mass is 249 g/mol. The first-order valence-corrected chi connectivity index (χ1v) is 6.48. The third-order valence-electron chi connectivity index (χ3n) is 3.52. The number of ether oxygens (including phenoxy) is 1. The number of hydrogen-bond donors (Lipinski definition) is 1. The van der Waals surface area contributed by atoms with Gasteiger partial charge in [0.25, 0.3) is 0 Å². The van der Waals surface area contributed by atoms with E-state index in [2.05, 4.69) is 25.8 Å². The molecule has 2 N–H and O–H groups in total. The van der Waals surface area contributed by atoms with Crippen LogP contribution in [0.2, 0.25) is 0 Å². The minimum atomic E-state index is 0.270. The zero-order valence-electron chi connectivity index (χ0n) is 10.5. The molecule has 2 aliphatic heterocycles. The molecule has 6 nitrogen and oxygen atoms in total. The smallest absolute Gasteiger partial charge is 0.134 e. The lowest BCUT2D eigenvalue weighted by molar-refractivity contribution is 0.122. The minimum absolute atomic E-state index is 0.270. The van der Waals surface area contributed by atoms with E-state index in [4.69, 9.17) is 10.5 Å². The molecule has 0 aliphatic carbocycles. The molecule has 3 rings (SSSR count). The molecule has 0 saturated carbocycles. The lowest BCUT2D eigenvalue weighted by atomic mass is 10.3. The Labute approximate surface area is 107 Å². The van der Waals surface area contributed by atoms with E-state index in [1.807, 2.05) is 0 Å². The molecule has 0 bridgehead atoms. The summed E-state index contributed by atoms with van der Waals surface area (Å²) >= 11 is 0. The summed E-state index contributed by atoms with van der Waals surface area (Å²) in [6.45, 7) is 5.22. The number of nitrogens with zero attached hydrogens (tertiary/aromatic N) is 4. The fraction of sp³-hybridized carbons (Fsp3) is 0.667. The van der Waals surface area contributed by atoms with Gasteiger partial charge in [-0.15, -0.1) is 0 Å². The maximum absolute atomic E-state index is 5.93. The Bertz CT molecular complexity index is 387. The zero-order chi connectivity index (χ0) is 12.4. The van der Waals surface area contributed by atoms with Crippen LogP contribution in [0.5, 0.6) is 0 Å². The molecular weight excluding hydrogens is 230 g/mol. The molecule has 2 saturated heterocycles. The first kappa shape index (κ1) is 11.7. The Morgan fingerprint density at radius 2 is 1.83 bits per heavy atom. The lowest BCUT2D eigenvalue weighted by Crippen LogP contribution is -2.37. The van der Waals surface area contributed by atoms with E-state index in [0.29, 0.717) is 0 Å². The summed E-state index contributed by atoms with van der Waals surface area (Å²) in [5.41, 5.74) is 5.93. The predicted molar refractivity (Wildman–Crippen MR) is 69.9 cm³/mol. The van der Waals surface area contributed by atoms with Crippen molar-refractivity contribution in [2.24, 2.45) is 5.73 Å². The maximum atomic E-state index is 5.93. The van der Waals surface area contributed by atoms with Crippen LogP contribution in [-0.4, -0.2) is 55.4 Å². The van der Waals surface area contributed by atoms with Crippen LogP contribution in [0.3, 0.4) is 0 Å². The van der Waals surface area contributed by atoms with Crippen molar-refractivity contribution in [3.05, 3.63) is 12.4 Å². The highest BCUT2D eigenvalue weighted by atomic mass is 16.5. The van der Waals surface area contributed by atoms with Crippen LogP contribution in [-0.2, 0) is 4.74 Å². The minimum Gasteiger partial charge on any atom is -0.378 e. The van der Waals surface area contributed by atoms with Gasteiger partial charge in [0.05, 0.1) is 13.2 Å². The van der Waals surface area contributed by atoms with Crippen molar-refractivity contribution in [1.29, 1.82) is 0 Å². The predicted octanol–water partition coefficient (Wildman–Crippen LogP) is -0.149. The highest BCUT2D eigenvalue weighted by Gasteiger charge is 2.21. The van der Waals surface area contributed by atoms with E-state index >= 15 is 0 Å². The normalized spacial score (nSPS) is 24.6. The number of anilines is 2. The average molecular weight is 249 g/mol. The molecule has 0 aromatic carbocycles. The van der Waals surface area contributed by atoms with Crippen molar-refractivity contribution in [2.45, 2.75) is 12.5 Å². The Morgan fingerprint density at radius 3 is 2.50 bits per heavy atom. The van der Waals surface area contributed by atoms with Gasteiger partial charge in [-0.3, -0.25) is 0 Å². The summed E-state index contributed by atoms with van der Waals surface area (Å²) < 4.78 is 5.35. The maximum Gasteiger partial charge on any atom is 0.134 e. The third kappa shape index (κ3) is 2.39. The topological polar surface area (TPSA) is 67.5 Å². The van der Waals surface area contributed by atoms with Crippen LogP contribution in [0.1, 0.15) is 6.42 Å². The van der Waals surface area contributed by atoms with Crippen molar-refractivity contribution in [3.8, 4) is 0 Å². The van der Waals surface area contributed by atoms with Gasteiger partial charge in [0.1, 0.15) is 18.0 Å². The van der Waals surface area contributed by atoms with Gasteiger partial charge in [-0.05, 0) is 6.42 Å². The van der Waals surface area contributed by atoms with Crippen LogP contribution >= 0.6 is 0 Å². The van der Waals surface area contributed by atoms with Gasteiger partial charge in [-0.25, -0.2) is 9.97 Å². The van der Waals surface area contributed by atoms with E-state index < -0.39 is 0 Å². The van der Waals surface area contributed by atoms with Gasteiger partial charge in [0.15, 0.2) is 0 Å². The van der Waals surface area contributed by atoms with Gasteiger partial charge in [0.2, 0.25) is 0 Å². The van der Waals surface area contributed by atoms with E-state index in [1.54, 1.807) is 6.33 Å². The van der Waals surface area contributed by atoms with E-state index in [1.165, 1.54) is 0 Å². The summed E-state index contributed by atoms with van der Waals surface area (Å²) in [5, 5.41) is 0. The Hall–Kier alpha value is -1.40. The standard InChI is InChI=1S/C12H19N5O/c13-10-1-2-17(8-10)12-7-11(14-9-15-12)16-3-5-18-6-4-16/h7,9-10H,1-6,8,13H2. The highest BCUT2D eigenvalue weighted by molar-refractivity contribution is 5.51. The van der Waals surface area contributed by atoms with Crippen LogP contribution in [0, 0.1) is 0 Å². The van der Waals surface area contributed by atoms with Crippen molar-refractivity contribution >= 4 is 11.6 Å². The Kier molecular flexibility index (Phi) is 3.29. The molecule has 1 atom stereocenters. The molecule has 2 aliphatic rings. The van der Waals surface area contributed by atoms with Gasteiger partial charge in [-0.2, -0.15) is 0 Å². The highest BCUT2D eigenvalue weighted by Crippen LogP contribution is 2.21. The first-order valence-electron chi connectivity index (χ1n) is 6.48. The molecule has 1 unspecified atom stereocenters. The number of hydrogen-bond acceptors (Lipinski definition) is 6. The molecular formula is C12H19N5O. The van der Waals surface area contributed by atoms with Crippen molar-refractivity contribution < 1.29 is 4.74 Å². The average Bonchev–Trinajstić information content (AvgIpc) is 2.87. The quantitative estimate of drug-likeness (QED) is 0.786. The van der Waals surface area contributed by atoms with Crippen molar-refractivity contribution in [1.82, 2.24) is 9.97 Å². The van der Waals surface area contributed by atoms with Crippen molar-refractivity contribution in [3.63, 3.8) is 0 Å². The van der Waals surface area contributed by atoms with Gasteiger partial charge >= 0.3 is 0 Å². The molecule has 0 spiro atoms. The molecule has 2 fully saturated rings. The summed E-state index contributed by atoms with van der Waals surface area (Å²) in [7, 11) is 0. The van der Waals surface area contributed by atoms with Crippen molar-refractivity contribution in [2.75, 3.05) is 49.2 Å². The van der Waals surface area contributed by atoms with Gasteiger partial charge in [0, 0.05) is 38.3 Å². The number of nitrogens with two attached hydrogens (primary N) is 1. The number of aromatic nitrogens is 2. The molecule has 1 aromatic heterocycles. The summed E-state index contributed by atoms with van der Waals surface area (Å²) in [5.74, 6) is 1.98. The van der Waals surface area contributed by atoms with Crippen LogP contribution in [0.25, 0.3) is 0 Å². The molecule has 18 heavy (non-hydrogen) atoms. The fourth-order valence-electron chi connectivity index (χ4n) is 2.47. The van der Waals surface area contributed by atoms with E-state index in [-0.39, 0.29) is 6.04 Å². The fourth-order valence-corrected chi connectivity index (χ4v) is 2.47. The van der Waals surface area contributed by atoms with Crippen LogP contribution in [0.15, 0.2) is 12.4 Å². The Balaban J connectivity index is 1.76. The molecule has 1 aromatic rings. The lowest BCUT2D eigenvalue weighted by Gasteiger charge is -2.28. The molecule has 0 amide bonds. The van der Waals surface area contributed by atoms with Gasteiger partial charge in [-0.1, -0.05) is 0 Å². The second-order valence-electron chi connectivity index (χ2n) is 4.83. The van der Waals surface area contributed by atoms with E-state index in [0.717, 1.165) is 57.4 Å². The van der Waals surface area contributed by atoms with Crippen LogP contribution in [0.4, 0.5) is 11.6 Å². The first-order chi connectivity index (χ1) is 8.83. The molecule has 98 valence electrons. The van der Waals surface area contributed by atoms with Crippen LogP contribution < -0.4 is 15.5 Å². The SMILES string of the molecule is NC1CCN(c2cc(N3CCOCC3)ncn2)C1. The van der Waals surface area contributed by atoms with Gasteiger partial charge < -0.3 is 20.3 Å². The summed E-state index contributed by atoms with van der Waals surface area (Å²) in [4.78, 5) is 13.2. The Morgan fingerprint density at radius 1 is 1.11 bits per heavy atom. The largest absolute Gasteiger partial charge is 0.378 e. The third-order valence-corrected chi connectivity index (χ3v) is 3.52. The van der Waals surface area contributed by atoms with E-state index in [9.17, 15) is 0 Å². The molecule has 0 radical (unpaired) electrons. The summed E-state index contributed by atoms with van der Waals surface area (Å²) in [6.07, 6.45) is 2.68. The zero-order valence-corrected chi connectivity index (χ0v) is 10.5. The second kappa shape index (κ2) is 5.07. The molecule has 6 heteroatoms. The number of morpholine rings is 1. The summed E-state index contributed by atoms with van der Waals surface area (Å²) in [6, 6.07) is 2.33. The number of rotatable bonds is 2.